The van der Waals surface area contributed by atoms with Crippen molar-refractivity contribution in [1.29, 1.82) is 0 Å². The minimum atomic E-state index is -1.71. The fraction of sp³-hybridized carbons (Fsp3) is 0.600. The van der Waals surface area contributed by atoms with Gasteiger partial charge in [-0.05, 0) is 92.1 Å². The molecule has 4 rings (SSSR count). The lowest BCUT2D eigenvalue weighted by molar-refractivity contribution is -0.154. The number of carbonyl (C=O) groups is 4. The molecule has 3 N–H and O–H groups in total. The van der Waals surface area contributed by atoms with Crippen molar-refractivity contribution in [1.82, 2.24) is 0 Å². The minimum Gasteiger partial charge on any atom is -0.478 e. The fourth-order valence-corrected chi connectivity index (χ4v) is 7.64. The number of carboxylic acid groups (broad SMARTS) is 2. The van der Waals surface area contributed by atoms with Crippen molar-refractivity contribution in [2.24, 2.45) is 40.4 Å². The predicted molar refractivity (Wildman–Crippen MR) is 137 cm³/mol. The molecular weight excluding hydrogens is 472 g/mol. The number of fused-ring (bicyclic) bond motifs is 2. The van der Waals surface area contributed by atoms with E-state index < -0.39 is 40.6 Å². The highest BCUT2D eigenvalue weighted by Crippen LogP contribution is 2.56. The second kappa shape index (κ2) is 9.50. The molecule has 2 fully saturated rings. The summed E-state index contributed by atoms with van der Waals surface area (Å²) >= 11 is 0. The van der Waals surface area contributed by atoms with E-state index in [9.17, 15) is 34.5 Å². The Morgan fingerprint density at radius 2 is 1.46 bits per heavy atom. The van der Waals surface area contributed by atoms with E-state index in [1.807, 2.05) is 19.1 Å². The van der Waals surface area contributed by atoms with E-state index in [1.165, 1.54) is 6.08 Å². The zero-order valence-corrected chi connectivity index (χ0v) is 21.7. The van der Waals surface area contributed by atoms with Crippen molar-refractivity contribution < 1.29 is 34.5 Å². The summed E-state index contributed by atoms with van der Waals surface area (Å²) in [6, 6.07) is 0. The van der Waals surface area contributed by atoms with E-state index in [4.69, 9.17) is 0 Å². The minimum absolute atomic E-state index is 0.0602. The monoisotopic (exact) mass is 510 g/mol. The van der Waals surface area contributed by atoms with Gasteiger partial charge in [0.2, 0.25) is 0 Å². The molecule has 0 aliphatic heterocycles. The van der Waals surface area contributed by atoms with Crippen molar-refractivity contribution in [2.75, 3.05) is 0 Å². The number of carboxylic acids is 2. The molecule has 37 heavy (non-hydrogen) atoms. The van der Waals surface area contributed by atoms with Gasteiger partial charge in [-0.1, -0.05) is 39.2 Å². The Morgan fingerprint density at radius 3 is 2.05 bits per heavy atom. The standard InChI is InChI=1S/C30H38O7/c1-17(26(33)34)19-5-10-28(3)12-8-23(31)21(22(28)15-19)7-14-30(37)24-16-20(18(2)27(35)36)6-11-29(24,4)13-9-25(30)32/h8-9,12-13,19-22,24,37H,1-2,5-7,10-11,14-16H2,3-4H3,(H,33,34)(H,35,36). The highest BCUT2D eigenvalue weighted by atomic mass is 16.4. The van der Waals surface area contributed by atoms with Crippen LogP contribution >= 0.6 is 0 Å². The third kappa shape index (κ3) is 4.67. The topological polar surface area (TPSA) is 129 Å². The van der Waals surface area contributed by atoms with Gasteiger partial charge in [-0.3, -0.25) is 9.59 Å². The first-order valence-electron chi connectivity index (χ1n) is 13.2. The van der Waals surface area contributed by atoms with Crippen LogP contribution < -0.4 is 0 Å². The average Bonchev–Trinajstić information content (AvgIpc) is 2.85. The summed E-state index contributed by atoms with van der Waals surface area (Å²) in [5, 5.41) is 30.9. The molecule has 0 aromatic heterocycles. The molecule has 2 saturated carbocycles. The molecule has 4 aliphatic rings. The Balaban J connectivity index is 1.59. The highest BCUT2D eigenvalue weighted by Gasteiger charge is 2.56. The largest absolute Gasteiger partial charge is 0.478 e. The molecule has 7 nitrogen and oxygen atoms in total. The molecule has 8 unspecified atom stereocenters. The second-order valence-corrected chi connectivity index (χ2v) is 12.3. The normalized spacial score (nSPS) is 41.0. The molecule has 0 saturated heterocycles. The number of allylic oxidation sites excluding steroid dienone is 3. The van der Waals surface area contributed by atoms with Gasteiger partial charge < -0.3 is 15.3 Å². The Bertz CT molecular complexity index is 1110. The summed E-state index contributed by atoms with van der Waals surface area (Å²) in [5.74, 6) is -4.15. The molecule has 0 bridgehead atoms. The van der Waals surface area contributed by atoms with E-state index in [0.29, 0.717) is 38.5 Å². The smallest absolute Gasteiger partial charge is 0.331 e. The highest BCUT2D eigenvalue weighted by molar-refractivity contribution is 5.98. The summed E-state index contributed by atoms with van der Waals surface area (Å²) in [5.41, 5.74) is -2.18. The Hall–Kier alpha value is -2.80. The summed E-state index contributed by atoms with van der Waals surface area (Å²) in [6.45, 7) is 11.6. The van der Waals surface area contributed by atoms with Gasteiger partial charge in [0.1, 0.15) is 5.60 Å². The first-order valence-corrected chi connectivity index (χ1v) is 13.2. The number of hydrogen-bond acceptors (Lipinski definition) is 5. The summed E-state index contributed by atoms with van der Waals surface area (Å²) in [6.07, 6.45) is 10.8. The third-order valence-electron chi connectivity index (χ3n) is 10.2. The molecule has 0 amide bonds. The van der Waals surface area contributed by atoms with Crippen LogP contribution in [0.25, 0.3) is 0 Å². The first kappa shape index (κ1) is 27.2. The summed E-state index contributed by atoms with van der Waals surface area (Å²) in [4.78, 5) is 49.5. The van der Waals surface area contributed by atoms with Gasteiger partial charge in [-0.2, -0.15) is 0 Å². The van der Waals surface area contributed by atoms with Crippen LogP contribution in [0.1, 0.15) is 65.2 Å². The van der Waals surface area contributed by atoms with Gasteiger partial charge in [0.15, 0.2) is 11.6 Å². The molecule has 0 radical (unpaired) electrons. The number of carbonyl (C=O) groups excluding carboxylic acids is 2. The molecule has 8 atom stereocenters. The summed E-state index contributed by atoms with van der Waals surface area (Å²) < 4.78 is 0. The lowest BCUT2D eigenvalue weighted by Gasteiger charge is -2.52. The van der Waals surface area contributed by atoms with Gasteiger partial charge in [-0.15, -0.1) is 0 Å². The molecule has 200 valence electrons. The number of aliphatic carboxylic acids is 2. The molecule has 0 aromatic carbocycles. The van der Waals surface area contributed by atoms with Gasteiger partial charge in [0, 0.05) is 23.0 Å². The van der Waals surface area contributed by atoms with Crippen LogP contribution in [0, 0.1) is 40.4 Å². The van der Waals surface area contributed by atoms with Gasteiger partial charge >= 0.3 is 11.9 Å². The number of rotatable bonds is 7. The van der Waals surface area contributed by atoms with Gasteiger partial charge in [0.05, 0.1) is 0 Å². The SMILES string of the molecule is C=C(C(=O)O)C1CCC2(C)C=CC(=O)C(CCC3(O)C(=O)C=CC4(C)CCC(C(=C)C(=O)O)CC43)C2C1. The number of hydrogen-bond donors (Lipinski definition) is 3. The molecule has 0 spiro atoms. The van der Waals surface area contributed by atoms with Crippen molar-refractivity contribution in [3.63, 3.8) is 0 Å². The fourth-order valence-electron chi connectivity index (χ4n) is 7.64. The average molecular weight is 511 g/mol. The number of aliphatic hydroxyl groups is 1. The van der Waals surface area contributed by atoms with Crippen molar-refractivity contribution in [3.05, 3.63) is 48.6 Å². The van der Waals surface area contributed by atoms with Crippen LogP contribution in [-0.4, -0.2) is 44.4 Å². The Kier molecular flexibility index (Phi) is 6.99. The quantitative estimate of drug-likeness (QED) is 0.430. The van der Waals surface area contributed by atoms with Gasteiger partial charge in [-0.25, -0.2) is 9.59 Å². The van der Waals surface area contributed by atoms with Crippen LogP contribution in [-0.2, 0) is 19.2 Å². The van der Waals surface area contributed by atoms with Crippen LogP contribution in [0.15, 0.2) is 48.6 Å². The van der Waals surface area contributed by atoms with E-state index in [-0.39, 0.29) is 46.5 Å². The van der Waals surface area contributed by atoms with E-state index in [2.05, 4.69) is 20.1 Å². The maximum Gasteiger partial charge on any atom is 0.331 e. The maximum absolute atomic E-state index is 13.2. The van der Waals surface area contributed by atoms with Crippen LogP contribution in [0.2, 0.25) is 0 Å². The third-order valence-corrected chi connectivity index (χ3v) is 10.2. The lowest BCUT2D eigenvalue weighted by atomic mass is 9.52. The van der Waals surface area contributed by atoms with Crippen LogP contribution in [0.5, 0.6) is 0 Å². The maximum atomic E-state index is 13.2. The van der Waals surface area contributed by atoms with Gasteiger partial charge in [0.25, 0.3) is 0 Å². The van der Waals surface area contributed by atoms with Crippen LogP contribution in [0.3, 0.4) is 0 Å². The van der Waals surface area contributed by atoms with E-state index in [1.54, 1.807) is 6.08 Å². The predicted octanol–water partition coefficient (Wildman–Crippen LogP) is 4.52. The Morgan fingerprint density at radius 1 is 0.919 bits per heavy atom. The van der Waals surface area contributed by atoms with E-state index in [0.717, 1.165) is 6.42 Å². The molecule has 7 heteroatoms. The van der Waals surface area contributed by atoms with E-state index >= 15 is 0 Å². The lowest BCUT2D eigenvalue weighted by Crippen LogP contribution is -2.56. The van der Waals surface area contributed by atoms with Crippen molar-refractivity contribution in [3.8, 4) is 0 Å². The van der Waals surface area contributed by atoms with Crippen molar-refractivity contribution in [2.45, 2.75) is 70.8 Å². The first-order chi connectivity index (χ1) is 17.2. The summed E-state index contributed by atoms with van der Waals surface area (Å²) in [7, 11) is 0. The Labute approximate surface area is 218 Å². The van der Waals surface area contributed by atoms with Crippen molar-refractivity contribution >= 4 is 23.5 Å². The zero-order valence-electron chi connectivity index (χ0n) is 21.7. The molecule has 0 aromatic rings. The second-order valence-electron chi connectivity index (χ2n) is 12.3. The molecule has 0 heterocycles. The molecule has 4 aliphatic carbocycles. The zero-order chi connectivity index (χ0) is 27.3. The van der Waals surface area contributed by atoms with Crippen LogP contribution in [0.4, 0.5) is 0 Å². The number of ketones is 2. The molecular formula is C30H38O7.